The molecule has 1 saturated heterocycles. The number of nitrogens with zero attached hydrogens (tertiary/aromatic N) is 3. The number of hydrogen-bond acceptors (Lipinski definition) is 4. The Morgan fingerprint density at radius 3 is 2.61 bits per heavy atom. The van der Waals surface area contributed by atoms with E-state index in [-0.39, 0.29) is 11.3 Å². The molecule has 1 unspecified atom stereocenters. The van der Waals surface area contributed by atoms with Crippen LogP contribution in [-0.4, -0.2) is 49.1 Å². The van der Waals surface area contributed by atoms with E-state index in [1.807, 2.05) is 17.1 Å². The van der Waals surface area contributed by atoms with Crippen LogP contribution in [0.5, 0.6) is 0 Å². The quantitative estimate of drug-likeness (QED) is 0.189. The van der Waals surface area contributed by atoms with Gasteiger partial charge in [0.25, 0.3) is 5.91 Å². The van der Waals surface area contributed by atoms with Gasteiger partial charge in [-0.15, -0.1) is 11.6 Å². The number of aryl methyl sites for hydroxylation is 1. The van der Waals surface area contributed by atoms with Gasteiger partial charge in [-0.2, -0.15) is 0 Å². The fraction of sp³-hybridized carbons (Fsp3) is 0.417. The summed E-state index contributed by atoms with van der Waals surface area (Å²) < 4.78 is 0. The molecule has 2 aliphatic rings. The molecule has 166 valence electrons. The van der Waals surface area contributed by atoms with Gasteiger partial charge < -0.3 is 14.6 Å². The average molecular weight is 462 g/mol. The number of alkyl halides is 1. The lowest BCUT2D eigenvalue weighted by molar-refractivity contribution is -0.127. The number of rotatable bonds is 6. The van der Waals surface area contributed by atoms with Crippen LogP contribution in [0.4, 0.5) is 5.69 Å². The summed E-state index contributed by atoms with van der Waals surface area (Å²) in [6.07, 6.45) is 4.79. The highest BCUT2D eigenvalue weighted by molar-refractivity contribution is 6.33. The molecule has 31 heavy (non-hydrogen) atoms. The van der Waals surface area contributed by atoms with Crippen LogP contribution < -0.4 is 4.90 Å². The molecule has 1 aromatic rings. The van der Waals surface area contributed by atoms with Gasteiger partial charge in [0.15, 0.2) is 0 Å². The highest BCUT2D eigenvalue weighted by Gasteiger charge is 2.29. The van der Waals surface area contributed by atoms with E-state index in [1.165, 1.54) is 16.8 Å². The first-order valence-corrected chi connectivity index (χ1v) is 11.3. The first kappa shape index (κ1) is 23.4. The standard InChI is InChI=1S/C24H29Cl2N3O2/c1-16-7-5-10-23(17(16)2)28-11-13-29(14-12-28)24(30)19(18(3)31-27-4)15-20-21(25)8-6-9-22(20)26/h5-8,10,22H,4,9,11-15H2,1-3H3/b19-18+. The Morgan fingerprint density at radius 1 is 1.26 bits per heavy atom. The van der Waals surface area contributed by atoms with Crippen LogP contribution in [-0.2, 0) is 9.63 Å². The van der Waals surface area contributed by atoms with Crippen LogP contribution in [0, 0.1) is 13.8 Å². The van der Waals surface area contributed by atoms with E-state index >= 15 is 0 Å². The molecule has 0 bridgehead atoms. The lowest BCUT2D eigenvalue weighted by Gasteiger charge is -2.37. The van der Waals surface area contributed by atoms with E-state index < -0.39 is 0 Å². The third-order valence-electron chi connectivity index (χ3n) is 6.03. The summed E-state index contributed by atoms with van der Waals surface area (Å²) in [5.41, 5.74) is 5.13. The van der Waals surface area contributed by atoms with Gasteiger partial charge in [0, 0.05) is 50.0 Å². The zero-order valence-corrected chi connectivity index (χ0v) is 19.8. The van der Waals surface area contributed by atoms with Crippen molar-refractivity contribution in [2.45, 2.75) is 39.0 Å². The van der Waals surface area contributed by atoms with Crippen LogP contribution in [0.1, 0.15) is 30.9 Å². The second-order valence-electron chi connectivity index (χ2n) is 7.91. The van der Waals surface area contributed by atoms with Gasteiger partial charge in [-0.05, 0) is 56.0 Å². The minimum absolute atomic E-state index is 0.0721. The van der Waals surface area contributed by atoms with Crippen molar-refractivity contribution in [3.8, 4) is 0 Å². The fourth-order valence-corrected chi connectivity index (χ4v) is 4.64. The molecule has 3 rings (SSSR count). The van der Waals surface area contributed by atoms with E-state index in [0.717, 1.165) is 18.7 Å². The predicted octanol–water partition coefficient (Wildman–Crippen LogP) is 5.31. The Kier molecular flexibility index (Phi) is 7.84. The number of piperazine rings is 1. The molecule has 1 heterocycles. The molecule has 0 aromatic heterocycles. The Hall–Kier alpha value is -2.24. The summed E-state index contributed by atoms with van der Waals surface area (Å²) >= 11 is 12.9. The Bertz CT molecular complexity index is 944. The van der Waals surface area contributed by atoms with Gasteiger partial charge in [0.05, 0.1) is 11.0 Å². The summed E-state index contributed by atoms with van der Waals surface area (Å²) in [7, 11) is 0. The molecular weight excluding hydrogens is 433 g/mol. The van der Waals surface area contributed by atoms with E-state index in [0.29, 0.717) is 42.3 Å². The molecule has 1 atom stereocenters. The molecule has 1 aliphatic heterocycles. The van der Waals surface area contributed by atoms with Crippen molar-refractivity contribution in [2.24, 2.45) is 5.16 Å². The summed E-state index contributed by atoms with van der Waals surface area (Å²) in [4.78, 5) is 22.9. The SMILES string of the molecule is C=NO/C(C)=C(\CC1=C(Cl)C=CCC1Cl)C(=O)N1CCN(c2cccc(C)c2C)CC1. The Balaban J connectivity index is 1.77. The number of oxime groups is 1. The summed E-state index contributed by atoms with van der Waals surface area (Å²) in [5.74, 6) is 0.351. The Labute approximate surface area is 194 Å². The summed E-state index contributed by atoms with van der Waals surface area (Å²) in [6, 6.07) is 6.35. The van der Waals surface area contributed by atoms with E-state index in [4.69, 9.17) is 28.0 Å². The summed E-state index contributed by atoms with van der Waals surface area (Å²) in [5, 5.41) is 3.84. The lowest BCUT2D eigenvalue weighted by Crippen LogP contribution is -2.49. The first-order valence-electron chi connectivity index (χ1n) is 10.5. The number of benzene rings is 1. The second kappa shape index (κ2) is 10.4. The molecule has 0 spiro atoms. The van der Waals surface area contributed by atoms with Crippen LogP contribution >= 0.6 is 23.2 Å². The predicted molar refractivity (Wildman–Crippen MR) is 129 cm³/mol. The minimum Gasteiger partial charge on any atom is -0.368 e. The molecule has 0 saturated carbocycles. The second-order valence-corrected chi connectivity index (χ2v) is 8.84. The number of hydrogen-bond donors (Lipinski definition) is 0. The van der Waals surface area contributed by atoms with Gasteiger partial charge in [-0.3, -0.25) is 4.79 Å². The monoisotopic (exact) mass is 461 g/mol. The highest BCUT2D eigenvalue weighted by atomic mass is 35.5. The molecule has 0 N–H and O–H groups in total. The molecule has 5 nitrogen and oxygen atoms in total. The van der Waals surface area contributed by atoms with Crippen LogP contribution in [0.2, 0.25) is 0 Å². The van der Waals surface area contributed by atoms with Crippen LogP contribution in [0.3, 0.4) is 0 Å². The van der Waals surface area contributed by atoms with E-state index in [1.54, 1.807) is 6.92 Å². The van der Waals surface area contributed by atoms with Crippen LogP contribution in [0.15, 0.2) is 57.4 Å². The zero-order valence-electron chi connectivity index (χ0n) is 18.3. The average Bonchev–Trinajstić information content (AvgIpc) is 2.75. The number of amides is 1. The van der Waals surface area contributed by atoms with Gasteiger partial charge in [0.1, 0.15) is 5.76 Å². The molecule has 1 aliphatic carbocycles. The molecule has 0 radical (unpaired) electrons. The molecule has 1 fully saturated rings. The number of halogens is 2. The first-order chi connectivity index (χ1) is 14.8. The molecule has 7 heteroatoms. The third kappa shape index (κ3) is 5.34. The normalized spacial score (nSPS) is 20.0. The third-order valence-corrected chi connectivity index (χ3v) is 6.84. The number of carbonyl (C=O) groups is 1. The van der Waals surface area contributed by atoms with Crippen molar-refractivity contribution >= 4 is 41.5 Å². The van der Waals surface area contributed by atoms with Gasteiger partial charge in [-0.25, -0.2) is 0 Å². The van der Waals surface area contributed by atoms with Crippen molar-refractivity contribution < 1.29 is 9.63 Å². The van der Waals surface area contributed by atoms with E-state index in [9.17, 15) is 4.79 Å². The van der Waals surface area contributed by atoms with Crippen molar-refractivity contribution in [2.75, 3.05) is 31.1 Å². The zero-order chi connectivity index (χ0) is 22.5. The number of carbonyl (C=O) groups excluding carboxylic acids is 1. The fourth-order valence-electron chi connectivity index (χ4n) is 4.00. The van der Waals surface area contributed by atoms with Crippen molar-refractivity contribution in [1.29, 1.82) is 0 Å². The largest absolute Gasteiger partial charge is 0.368 e. The van der Waals surface area contributed by atoms with Gasteiger partial charge >= 0.3 is 0 Å². The maximum atomic E-state index is 13.4. The van der Waals surface area contributed by atoms with Gasteiger partial charge in [0.2, 0.25) is 0 Å². The molecular formula is C24H29Cl2N3O2. The van der Waals surface area contributed by atoms with Gasteiger partial charge in [-0.1, -0.05) is 35.0 Å². The topological polar surface area (TPSA) is 45.1 Å². The lowest BCUT2D eigenvalue weighted by atomic mass is 9.95. The van der Waals surface area contributed by atoms with Crippen molar-refractivity contribution in [1.82, 2.24) is 4.90 Å². The van der Waals surface area contributed by atoms with Crippen molar-refractivity contribution in [3.63, 3.8) is 0 Å². The van der Waals surface area contributed by atoms with E-state index in [2.05, 4.69) is 48.8 Å². The highest BCUT2D eigenvalue weighted by Crippen LogP contribution is 2.33. The Morgan fingerprint density at radius 2 is 1.97 bits per heavy atom. The number of allylic oxidation sites excluding steroid dienone is 5. The van der Waals surface area contributed by atoms with Crippen LogP contribution in [0.25, 0.3) is 0 Å². The number of anilines is 1. The smallest absolute Gasteiger partial charge is 0.253 e. The minimum atomic E-state index is -0.245. The maximum Gasteiger partial charge on any atom is 0.253 e. The molecule has 1 aromatic carbocycles. The molecule has 1 amide bonds. The van der Waals surface area contributed by atoms with Crippen molar-refractivity contribution in [3.05, 3.63) is 63.4 Å². The summed E-state index contributed by atoms with van der Waals surface area (Å²) in [6.45, 7) is 12.2. The maximum absolute atomic E-state index is 13.4.